The van der Waals surface area contributed by atoms with Gasteiger partial charge in [-0.1, -0.05) is 23.7 Å². The third-order valence-electron chi connectivity index (χ3n) is 4.42. The molecule has 3 N–H and O–H groups in total. The molecule has 7 nitrogen and oxygen atoms in total. The Labute approximate surface area is 167 Å². The number of carbonyl (C=O) groups excluding carboxylic acids is 2. The number of rotatable bonds is 3. The van der Waals surface area contributed by atoms with E-state index in [0.717, 1.165) is 0 Å². The number of hydrogen-bond acceptors (Lipinski definition) is 3. The van der Waals surface area contributed by atoms with Crippen LogP contribution in [0.15, 0.2) is 24.3 Å². The lowest BCUT2D eigenvalue weighted by Crippen LogP contribution is -2.52. The molecular formula is C19H23ClFN5O2. The second-order valence-electron chi connectivity index (χ2n) is 7.86. The molecule has 9 heteroatoms. The first-order chi connectivity index (χ1) is 13.1. The van der Waals surface area contributed by atoms with Gasteiger partial charge in [-0.3, -0.25) is 9.48 Å². The summed E-state index contributed by atoms with van der Waals surface area (Å²) in [5, 5.41) is 7.80. The van der Waals surface area contributed by atoms with Gasteiger partial charge in [0.25, 0.3) is 5.91 Å². The molecular weight excluding hydrogens is 385 g/mol. The third kappa shape index (κ3) is 3.96. The minimum atomic E-state index is -0.735. The summed E-state index contributed by atoms with van der Waals surface area (Å²) in [6, 6.07) is 5.81. The van der Waals surface area contributed by atoms with Gasteiger partial charge in [0.2, 0.25) is 0 Å². The minimum Gasteiger partial charge on any atom is -0.365 e. The molecule has 150 valence electrons. The number of benzene rings is 1. The average Bonchev–Trinajstić information content (AvgIpc) is 2.99. The lowest BCUT2D eigenvalue weighted by molar-refractivity contribution is 0.0994. The Kier molecular flexibility index (Phi) is 5.34. The fourth-order valence-corrected chi connectivity index (χ4v) is 3.46. The molecule has 0 aliphatic carbocycles. The number of urea groups is 1. The van der Waals surface area contributed by atoms with E-state index in [0.29, 0.717) is 22.0 Å². The van der Waals surface area contributed by atoms with Gasteiger partial charge in [0.05, 0.1) is 23.8 Å². The summed E-state index contributed by atoms with van der Waals surface area (Å²) >= 11 is 6.06. The van der Waals surface area contributed by atoms with Gasteiger partial charge in [0.15, 0.2) is 0 Å². The highest BCUT2D eigenvalue weighted by Gasteiger charge is 2.35. The maximum absolute atomic E-state index is 13.8. The maximum Gasteiger partial charge on any atom is 0.318 e. The van der Waals surface area contributed by atoms with Crippen molar-refractivity contribution in [1.82, 2.24) is 20.0 Å². The number of aromatic nitrogens is 2. The molecule has 2 heterocycles. The van der Waals surface area contributed by atoms with Crippen molar-refractivity contribution < 1.29 is 14.0 Å². The van der Waals surface area contributed by atoms with Crippen LogP contribution in [0.3, 0.4) is 0 Å². The highest BCUT2D eigenvalue weighted by atomic mass is 35.5. The molecule has 0 radical (unpaired) electrons. The Morgan fingerprint density at radius 3 is 2.68 bits per heavy atom. The van der Waals surface area contributed by atoms with Crippen molar-refractivity contribution >= 4 is 23.5 Å². The van der Waals surface area contributed by atoms with Crippen molar-refractivity contribution in [2.45, 2.75) is 38.9 Å². The van der Waals surface area contributed by atoms with E-state index in [1.807, 2.05) is 20.8 Å². The van der Waals surface area contributed by atoms with Crippen molar-refractivity contribution in [2.24, 2.45) is 5.73 Å². The Bertz CT molecular complexity index is 922. The van der Waals surface area contributed by atoms with Gasteiger partial charge in [-0.15, -0.1) is 0 Å². The molecule has 0 saturated heterocycles. The molecule has 0 fully saturated rings. The number of fused-ring (bicyclic) bond motifs is 1. The predicted octanol–water partition coefficient (Wildman–Crippen LogP) is 3.14. The lowest BCUT2D eigenvalue weighted by atomic mass is 10.0. The van der Waals surface area contributed by atoms with Crippen molar-refractivity contribution in [3.8, 4) is 11.3 Å². The minimum absolute atomic E-state index is 0.101. The standard InChI is InChI=1S/C19H23ClFN5O2/c1-19(2,3)23-18(28)25-9-13(8-21)26-14(10-25)15(17(22)27)16(24-26)11-5-4-6-12(20)7-11/h4-7,13H,8-10H2,1-3H3,(H2,22,27)(H,23,28). The van der Waals surface area contributed by atoms with Crippen molar-refractivity contribution in [3.05, 3.63) is 40.5 Å². The van der Waals surface area contributed by atoms with Crippen LogP contribution in [-0.4, -0.2) is 45.4 Å². The molecule has 1 aromatic carbocycles. The average molecular weight is 408 g/mol. The number of nitrogens with one attached hydrogen (secondary N) is 1. The number of hydrogen-bond donors (Lipinski definition) is 2. The zero-order valence-electron chi connectivity index (χ0n) is 16.0. The van der Waals surface area contributed by atoms with Crippen LogP contribution in [0.2, 0.25) is 5.02 Å². The second kappa shape index (κ2) is 7.43. The van der Waals surface area contributed by atoms with Gasteiger partial charge >= 0.3 is 6.03 Å². The molecule has 3 amide bonds. The Morgan fingerprint density at radius 1 is 1.39 bits per heavy atom. The van der Waals surface area contributed by atoms with E-state index < -0.39 is 24.2 Å². The Hall–Kier alpha value is -2.61. The van der Waals surface area contributed by atoms with E-state index in [-0.39, 0.29) is 24.7 Å². The van der Waals surface area contributed by atoms with Crippen molar-refractivity contribution in [1.29, 1.82) is 0 Å². The van der Waals surface area contributed by atoms with Gasteiger partial charge in [-0.05, 0) is 32.9 Å². The lowest BCUT2D eigenvalue weighted by Gasteiger charge is -2.35. The van der Waals surface area contributed by atoms with Crippen LogP contribution in [-0.2, 0) is 6.54 Å². The van der Waals surface area contributed by atoms with Crippen LogP contribution in [0.5, 0.6) is 0 Å². The van der Waals surface area contributed by atoms with Crippen LogP contribution in [0, 0.1) is 0 Å². The number of primary amides is 1. The van der Waals surface area contributed by atoms with Gasteiger partial charge in [-0.2, -0.15) is 5.10 Å². The number of carbonyl (C=O) groups is 2. The normalized spacial score (nSPS) is 16.6. The number of nitrogens with two attached hydrogens (primary N) is 1. The smallest absolute Gasteiger partial charge is 0.318 e. The molecule has 1 unspecified atom stereocenters. The molecule has 1 aromatic heterocycles. The number of nitrogens with zero attached hydrogens (tertiary/aromatic N) is 3. The SMILES string of the molecule is CC(C)(C)NC(=O)N1Cc2c(C(N)=O)c(-c3cccc(Cl)c3)nn2C(CF)C1. The van der Waals surface area contributed by atoms with Gasteiger partial charge in [-0.25, -0.2) is 9.18 Å². The Balaban J connectivity index is 2.07. The van der Waals surface area contributed by atoms with E-state index in [9.17, 15) is 14.0 Å². The molecule has 1 atom stereocenters. The van der Waals surface area contributed by atoms with Crippen molar-refractivity contribution in [3.63, 3.8) is 0 Å². The van der Waals surface area contributed by atoms with Gasteiger partial charge < -0.3 is 16.0 Å². The van der Waals surface area contributed by atoms with Crippen molar-refractivity contribution in [2.75, 3.05) is 13.2 Å². The molecule has 2 aromatic rings. The number of halogens is 2. The number of alkyl halides is 1. The van der Waals surface area contributed by atoms with E-state index in [4.69, 9.17) is 17.3 Å². The van der Waals surface area contributed by atoms with Crippen LogP contribution in [0.1, 0.15) is 42.9 Å². The van der Waals surface area contributed by atoms with Gasteiger partial charge in [0, 0.05) is 22.7 Å². The fourth-order valence-electron chi connectivity index (χ4n) is 3.27. The summed E-state index contributed by atoms with van der Waals surface area (Å²) in [7, 11) is 0. The van der Waals surface area contributed by atoms with Crippen LogP contribution >= 0.6 is 11.6 Å². The first-order valence-corrected chi connectivity index (χ1v) is 9.28. The molecule has 0 saturated carbocycles. The summed E-state index contributed by atoms with van der Waals surface area (Å²) in [6.45, 7) is 5.08. The van der Waals surface area contributed by atoms with Crippen LogP contribution in [0.4, 0.5) is 9.18 Å². The molecule has 0 spiro atoms. The highest BCUT2D eigenvalue weighted by Crippen LogP contribution is 2.32. The first kappa shape index (κ1) is 20.1. The topological polar surface area (TPSA) is 93.2 Å². The second-order valence-corrected chi connectivity index (χ2v) is 8.29. The maximum atomic E-state index is 13.8. The van der Waals surface area contributed by atoms with Crippen LogP contribution in [0.25, 0.3) is 11.3 Å². The largest absolute Gasteiger partial charge is 0.365 e. The Morgan fingerprint density at radius 2 is 2.11 bits per heavy atom. The predicted molar refractivity (Wildman–Crippen MR) is 105 cm³/mol. The third-order valence-corrected chi connectivity index (χ3v) is 4.65. The van der Waals surface area contributed by atoms with E-state index in [2.05, 4.69) is 10.4 Å². The number of amides is 3. The zero-order chi connectivity index (χ0) is 20.6. The summed E-state index contributed by atoms with van der Waals surface area (Å²) < 4.78 is 15.3. The molecule has 0 bridgehead atoms. The van der Waals surface area contributed by atoms with Gasteiger partial charge in [0.1, 0.15) is 12.4 Å². The van der Waals surface area contributed by atoms with E-state index >= 15 is 0 Å². The summed E-state index contributed by atoms with van der Waals surface area (Å²) in [4.78, 5) is 26.3. The quantitative estimate of drug-likeness (QED) is 0.818. The zero-order valence-corrected chi connectivity index (χ0v) is 16.8. The first-order valence-electron chi connectivity index (χ1n) is 8.91. The molecule has 28 heavy (non-hydrogen) atoms. The van der Waals surface area contributed by atoms with E-state index in [1.165, 1.54) is 9.58 Å². The summed E-state index contributed by atoms with van der Waals surface area (Å²) in [6.07, 6.45) is 0. The molecule has 1 aliphatic rings. The highest BCUT2D eigenvalue weighted by molar-refractivity contribution is 6.30. The summed E-state index contributed by atoms with van der Waals surface area (Å²) in [5.74, 6) is -0.688. The van der Waals surface area contributed by atoms with E-state index in [1.54, 1.807) is 24.3 Å². The molecule has 1 aliphatic heterocycles. The summed E-state index contributed by atoms with van der Waals surface area (Å²) in [5.41, 5.74) is 6.71. The van der Waals surface area contributed by atoms with Crippen LogP contribution < -0.4 is 11.1 Å². The fraction of sp³-hybridized carbons (Fsp3) is 0.421. The molecule has 3 rings (SSSR count). The monoisotopic (exact) mass is 407 g/mol.